The van der Waals surface area contributed by atoms with Crippen molar-refractivity contribution in [3.05, 3.63) is 22.7 Å². The summed E-state index contributed by atoms with van der Waals surface area (Å²) < 4.78 is 52.4. The number of hydrogen-bond donors (Lipinski definition) is 6. The van der Waals surface area contributed by atoms with Crippen molar-refractivity contribution in [1.82, 2.24) is 9.55 Å². The van der Waals surface area contributed by atoms with E-state index in [1.54, 1.807) is 0 Å². The van der Waals surface area contributed by atoms with Crippen LogP contribution in [0.5, 0.6) is 0 Å². The van der Waals surface area contributed by atoms with Crippen molar-refractivity contribution in [1.29, 1.82) is 0 Å². The Morgan fingerprint density at radius 1 is 1.27 bits per heavy atom. The topological polar surface area (TPSA) is 250 Å². The number of aliphatic hydroxyl groups excluding tert-OH is 1. The van der Waals surface area contributed by atoms with Crippen LogP contribution in [0.3, 0.4) is 0 Å². The molecule has 0 bridgehead atoms. The van der Waals surface area contributed by atoms with Gasteiger partial charge in [-0.05, 0) is 24.6 Å². The zero-order valence-electron chi connectivity index (χ0n) is 16.0. The van der Waals surface area contributed by atoms with E-state index in [0.717, 1.165) is 17.7 Å². The number of phosphoric ester groups is 1. The van der Waals surface area contributed by atoms with E-state index >= 15 is 0 Å². The summed E-state index contributed by atoms with van der Waals surface area (Å²) in [5.74, 6) is 2.11. The van der Waals surface area contributed by atoms with Crippen LogP contribution >= 0.6 is 46.7 Å². The minimum absolute atomic E-state index is 0.143. The summed E-state index contributed by atoms with van der Waals surface area (Å²) in [7, 11) is -17.0. The summed E-state index contributed by atoms with van der Waals surface area (Å²) in [5.41, 5.74) is 4.46. The van der Waals surface area contributed by atoms with Crippen molar-refractivity contribution < 1.29 is 56.3 Å². The molecule has 1 aromatic heterocycles. The summed E-state index contributed by atoms with van der Waals surface area (Å²) in [6.07, 6.45) is -5.65. The highest BCUT2D eigenvalue weighted by Crippen LogP contribution is 2.66. The molecule has 2 heterocycles. The fraction of sp³-hybridized carbons (Fsp3) is 0.500. The SMILES string of the molecule is C[C@H](OP(=O)(O)OP(=O)(O)OP(=O)(O)O)[C@H]1O[C@@H](n2ccc(N)nc2=O)C(Cl)(C#CCl)[C@H]1O. The van der Waals surface area contributed by atoms with E-state index in [9.17, 15) is 33.4 Å². The van der Waals surface area contributed by atoms with Gasteiger partial charge in [0.2, 0.25) is 0 Å². The third kappa shape index (κ3) is 7.08. The first kappa shape index (κ1) is 28.4. The van der Waals surface area contributed by atoms with Gasteiger partial charge in [0, 0.05) is 11.6 Å². The molecule has 3 unspecified atom stereocenters. The lowest BCUT2D eigenvalue weighted by atomic mass is 9.97. The zero-order valence-corrected chi connectivity index (χ0v) is 20.2. The standard InChI is InChI=1S/C12H16Cl2N3O13P3/c1-6(28-32(23,24)30-33(25,26)29-31(20,21)22)8-9(18)12(14,3-4-13)10(27-8)17-5-2-7(15)16-11(17)19/h2,5-6,8-10,18H,1H3,(H,23,24)(H,25,26)(H2,15,16,19)(H2,20,21,22)/t6-,8+,9-,10+,12?/m0/s1. The number of ether oxygens (including phenoxy) is 1. The van der Waals surface area contributed by atoms with Gasteiger partial charge in [0.05, 0.1) is 6.10 Å². The Morgan fingerprint density at radius 3 is 2.39 bits per heavy atom. The van der Waals surface area contributed by atoms with Crippen LogP contribution in [0.25, 0.3) is 0 Å². The molecule has 7 N–H and O–H groups in total. The van der Waals surface area contributed by atoms with Crippen LogP contribution in [-0.4, -0.2) is 57.4 Å². The second-order valence-corrected chi connectivity index (χ2v) is 11.5. The molecule has 1 aliphatic rings. The van der Waals surface area contributed by atoms with Gasteiger partial charge in [-0.25, -0.2) is 18.5 Å². The van der Waals surface area contributed by atoms with Gasteiger partial charge in [-0.1, -0.05) is 17.5 Å². The molecule has 33 heavy (non-hydrogen) atoms. The van der Waals surface area contributed by atoms with Crippen LogP contribution in [-0.2, 0) is 31.6 Å². The number of nitrogens with zero attached hydrogens (tertiary/aromatic N) is 2. The number of nitrogen functional groups attached to an aromatic ring is 1. The molecule has 1 fully saturated rings. The molecule has 21 heteroatoms. The van der Waals surface area contributed by atoms with Gasteiger partial charge in [0.1, 0.15) is 18.0 Å². The maximum atomic E-state index is 12.2. The molecule has 1 saturated heterocycles. The first-order chi connectivity index (χ1) is 14.9. The van der Waals surface area contributed by atoms with Crippen LogP contribution in [0, 0.1) is 11.3 Å². The monoisotopic (exact) mass is 573 g/mol. The lowest BCUT2D eigenvalue weighted by Gasteiger charge is -2.26. The Balaban J connectivity index is 2.31. The molecular weight excluding hydrogens is 558 g/mol. The minimum Gasteiger partial charge on any atom is -0.387 e. The van der Waals surface area contributed by atoms with E-state index in [1.807, 2.05) is 5.38 Å². The highest BCUT2D eigenvalue weighted by atomic mass is 35.5. The summed E-state index contributed by atoms with van der Waals surface area (Å²) in [6, 6.07) is 1.20. The highest BCUT2D eigenvalue weighted by Gasteiger charge is 2.58. The predicted octanol–water partition coefficient (Wildman–Crippen LogP) is -0.00710. The molecule has 0 aliphatic carbocycles. The lowest BCUT2D eigenvalue weighted by molar-refractivity contribution is -0.0749. The molecule has 0 amide bonds. The smallest absolute Gasteiger partial charge is 0.387 e. The van der Waals surface area contributed by atoms with E-state index in [2.05, 4.69) is 24.0 Å². The van der Waals surface area contributed by atoms with Crippen molar-refractivity contribution in [2.24, 2.45) is 0 Å². The van der Waals surface area contributed by atoms with Crippen molar-refractivity contribution >= 4 is 52.5 Å². The Hall–Kier alpha value is -0.850. The average Bonchev–Trinajstić information content (AvgIpc) is 2.83. The first-order valence-corrected chi connectivity index (χ1v) is 13.5. The van der Waals surface area contributed by atoms with Gasteiger partial charge in [-0.15, -0.1) is 0 Å². The van der Waals surface area contributed by atoms with Crippen LogP contribution in [0.2, 0.25) is 0 Å². The maximum Gasteiger partial charge on any atom is 0.490 e. The number of anilines is 1. The number of phosphoric acid groups is 3. The summed E-state index contributed by atoms with van der Waals surface area (Å²) in [6.45, 7) is 1.03. The number of hydrogen-bond acceptors (Lipinski definition) is 11. The average molecular weight is 574 g/mol. The molecule has 2 rings (SSSR count). The Kier molecular flexibility index (Phi) is 8.62. The van der Waals surface area contributed by atoms with E-state index < -0.39 is 58.6 Å². The zero-order chi connectivity index (χ0) is 25.4. The van der Waals surface area contributed by atoms with E-state index in [0.29, 0.717) is 0 Å². The van der Waals surface area contributed by atoms with E-state index in [1.165, 1.54) is 6.07 Å². The van der Waals surface area contributed by atoms with Gasteiger partial charge in [0.15, 0.2) is 11.1 Å². The van der Waals surface area contributed by atoms with Crippen molar-refractivity contribution in [2.45, 2.75) is 36.3 Å². The predicted molar refractivity (Wildman–Crippen MR) is 109 cm³/mol. The van der Waals surface area contributed by atoms with E-state index in [-0.39, 0.29) is 5.82 Å². The molecular formula is C12H16Cl2N3O13P3. The second kappa shape index (κ2) is 10.0. The molecule has 1 aromatic rings. The summed E-state index contributed by atoms with van der Waals surface area (Å²) in [4.78, 5) is 49.6. The molecule has 7 atom stereocenters. The second-order valence-electron chi connectivity index (χ2n) is 6.33. The van der Waals surface area contributed by atoms with Crippen LogP contribution in [0.4, 0.5) is 5.82 Å². The summed E-state index contributed by atoms with van der Waals surface area (Å²) in [5, 5.41) is 12.6. The molecule has 0 saturated carbocycles. The fourth-order valence-electron chi connectivity index (χ4n) is 2.72. The number of alkyl halides is 1. The molecule has 16 nitrogen and oxygen atoms in total. The minimum atomic E-state index is -5.78. The Labute approximate surface area is 194 Å². The number of aromatic nitrogens is 2. The number of halogens is 2. The van der Waals surface area contributed by atoms with Gasteiger partial charge < -0.3 is 35.2 Å². The quantitative estimate of drug-likeness (QED) is 0.136. The van der Waals surface area contributed by atoms with Crippen molar-refractivity contribution in [3.63, 3.8) is 0 Å². The third-order valence-corrected chi connectivity index (χ3v) is 8.43. The lowest BCUT2D eigenvalue weighted by Crippen LogP contribution is -2.45. The Bertz CT molecular complexity index is 1160. The Morgan fingerprint density at radius 2 is 1.88 bits per heavy atom. The molecule has 0 radical (unpaired) electrons. The highest BCUT2D eigenvalue weighted by molar-refractivity contribution is 7.66. The van der Waals surface area contributed by atoms with Crippen molar-refractivity contribution in [3.8, 4) is 11.3 Å². The largest absolute Gasteiger partial charge is 0.490 e. The number of nitrogens with two attached hydrogens (primary N) is 1. The fourth-order valence-corrected chi connectivity index (χ4v) is 6.46. The third-order valence-electron chi connectivity index (χ3n) is 3.91. The molecule has 0 aromatic carbocycles. The van der Waals surface area contributed by atoms with Crippen LogP contribution < -0.4 is 11.4 Å². The van der Waals surface area contributed by atoms with Crippen LogP contribution in [0.1, 0.15) is 13.2 Å². The number of aliphatic hydroxyl groups is 1. The normalized spacial score (nSPS) is 30.0. The van der Waals surface area contributed by atoms with E-state index in [4.69, 9.17) is 43.5 Å². The number of rotatable bonds is 8. The molecule has 0 spiro atoms. The maximum absolute atomic E-state index is 12.2. The van der Waals surface area contributed by atoms with Gasteiger partial charge >= 0.3 is 29.2 Å². The van der Waals surface area contributed by atoms with Gasteiger partial charge in [-0.2, -0.15) is 13.6 Å². The first-order valence-electron chi connectivity index (χ1n) is 8.23. The van der Waals surface area contributed by atoms with Crippen LogP contribution in [0.15, 0.2) is 17.1 Å². The molecule has 186 valence electrons. The van der Waals surface area contributed by atoms with Crippen molar-refractivity contribution in [2.75, 3.05) is 5.73 Å². The summed E-state index contributed by atoms with van der Waals surface area (Å²) >= 11 is 11.8. The molecule has 1 aliphatic heterocycles. The van der Waals surface area contributed by atoms with Gasteiger partial charge in [0.25, 0.3) is 0 Å². The van der Waals surface area contributed by atoms with Gasteiger partial charge in [-0.3, -0.25) is 9.09 Å².